The van der Waals surface area contributed by atoms with Crippen LogP contribution in [0.2, 0.25) is 0 Å². The van der Waals surface area contributed by atoms with E-state index in [0.717, 1.165) is 44.3 Å². The van der Waals surface area contributed by atoms with E-state index >= 15 is 0 Å². The second-order valence-electron chi connectivity index (χ2n) is 12.7. The van der Waals surface area contributed by atoms with Gasteiger partial charge in [0.25, 0.3) is 5.56 Å². The largest absolute Gasteiger partial charge is 0.491 e. The summed E-state index contributed by atoms with van der Waals surface area (Å²) in [7, 11) is 0. The smallest absolute Gasteiger partial charge is 0.338 e. The Bertz CT molecular complexity index is 2210. The predicted octanol–water partition coefficient (Wildman–Crippen LogP) is 7.10. The van der Waals surface area contributed by atoms with Crippen molar-refractivity contribution in [2.24, 2.45) is 10.9 Å². The van der Waals surface area contributed by atoms with Gasteiger partial charge in [0.1, 0.15) is 11.4 Å². The van der Waals surface area contributed by atoms with Crippen LogP contribution in [0, 0.1) is 12.8 Å². The Morgan fingerprint density at radius 3 is 2.41 bits per heavy atom. The lowest BCUT2D eigenvalue weighted by Crippen LogP contribution is -2.40. The standard InChI is InChI=1S/C39H40N4O4S2/c1-23(2)22-46-38(45)34-26(6)40-39-43(36(34)27-13-16-31(48-7)17-14-27)37(44)33(49-39)20-29-21-42(30-11-9-8-10-12-30)41-35(29)28-15-18-32(25(5)19-28)47-24(3)4/h8-21,23-24,36H,22H2,1-7H3. The van der Waals surface area contributed by atoms with Crippen LogP contribution in [-0.4, -0.2) is 39.3 Å². The summed E-state index contributed by atoms with van der Waals surface area (Å²) in [5, 5.41) is 5.00. The normalized spacial score (nSPS) is 14.7. The summed E-state index contributed by atoms with van der Waals surface area (Å²) in [6.07, 6.45) is 5.89. The predicted molar refractivity (Wildman–Crippen MR) is 197 cm³/mol. The van der Waals surface area contributed by atoms with Gasteiger partial charge in [0, 0.05) is 22.2 Å². The number of hydrogen-bond acceptors (Lipinski definition) is 8. The van der Waals surface area contributed by atoms with Gasteiger partial charge in [0.2, 0.25) is 0 Å². The fraction of sp³-hybridized carbons (Fsp3) is 0.282. The van der Waals surface area contributed by atoms with Crippen LogP contribution in [0.5, 0.6) is 5.75 Å². The van der Waals surface area contributed by atoms with Gasteiger partial charge >= 0.3 is 5.97 Å². The number of allylic oxidation sites excluding steroid dienone is 1. The molecule has 0 aliphatic carbocycles. The quantitative estimate of drug-likeness (QED) is 0.115. The lowest BCUT2D eigenvalue weighted by Gasteiger charge is -2.25. The van der Waals surface area contributed by atoms with Gasteiger partial charge in [-0.05, 0) is 99.5 Å². The number of rotatable bonds is 10. The van der Waals surface area contributed by atoms with Crippen molar-refractivity contribution in [3.63, 3.8) is 0 Å². The molecule has 0 spiro atoms. The van der Waals surface area contributed by atoms with Gasteiger partial charge in [-0.15, -0.1) is 11.8 Å². The summed E-state index contributed by atoms with van der Waals surface area (Å²) in [5.41, 5.74) is 5.78. The Hall–Kier alpha value is -4.67. The first-order chi connectivity index (χ1) is 23.5. The average molecular weight is 693 g/mol. The number of aromatic nitrogens is 3. The highest BCUT2D eigenvalue weighted by atomic mass is 32.2. The summed E-state index contributed by atoms with van der Waals surface area (Å²) >= 11 is 2.93. The molecule has 3 heterocycles. The maximum atomic E-state index is 14.5. The van der Waals surface area contributed by atoms with E-state index in [0.29, 0.717) is 20.6 Å². The number of benzene rings is 3. The SMILES string of the molecule is CSc1ccc(C2C(C(=O)OCC(C)C)=C(C)N=c3sc(=Cc4cn(-c5ccccc5)nc4-c4ccc(OC(C)C)c(C)c4)c(=O)n32)cc1. The maximum Gasteiger partial charge on any atom is 0.338 e. The molecule has 0 amide bonds. The number of nitrogens with zero attached hydrogens (tertiary/aromatic N) is 4. The van der Waals surface area contributed by atoms with Crippen LogP contribution in [0.3, 0.4) is 0 Å². The summed E-state index contributed by atoms with van der Waals surface area (Å²) in [5.74, 6) is 0.522. The first kappa shape index (κ1) is 34.2. The summed E-state index contributed by atoms with van der Waals surface area (Å²) in [4.78, 5) is 34.5. The van der Waals surface area contributed by atoms with Crippen molar-refractivity contribution in [2.75, 3.05) is 12.9 Å². The zero-order valence-corrected chi connectivity index (χ0v) is 30.4. The van der Waals surface area contributed by atoms with E-state index in [1.165, 1.54) is 11.3 Å². The van der Waals surface area contributed by atoms with Gasteiger partial charge in [0.05, 0.1) is 40.2 Å². The molecule has 6 rings (SSSR count). The average Bonchev–Trinajstić information content (AvgIpc) is 3.64. The number of esters is 1. The van der Waals surface area contributed by atoms with E-state index in [1.54, 1.807) is 16.3 Å². The van der Waals surface area contributed by atoms with Crippen LogP contribution in [0.1, 0.15) is 57.4 Å². The number of fused-ring (bicyclic) bond motifs is 1. The van der Waals surface area contributed by atoms with E-state index in [9.17, 15) is 9.59 Å². The van der Waals surface area contributed by atoms with E-state index in [1.807, 2.05) is 131 Å². The Kier molecular flexibility index (Phi) is 10.1. The van der Waals surface area contributed by atoms with Crippen molar-refractivity contribution in [3.05, 3.63) is 127 Å². The van der Waals surface area contributed by atoms with Crippen LogP contribution in [0.25, 0.3) is 23.0 Å². The Balaban J connectivity index is 1.52. The number of thioether (sulfide) groups is 1. The first-order valence-electron chi connectivity index (χ1n) is 16.3. The molecule has 49 heavy (non-hydrogen) atoms. The van der Waals surface area contributed by atoms with Crippen LogP contribution in [0.4, 0.5) is 0 Å². The molecule has 0 radical (unpaired) electrons. The van der Waals surface area contributed by atoms with Crippen LogP contribution >= 0.6 is 23.1 Å². The Morgan fingerprint density at radius 1 is 1.02 bits per heavy atom. The molecule has 0 bridgehead atoms. The lowest BCUT2D eigenvalue weighted by molar-refractivity contribution is -0.140. The van der Waals surface area contributed by atoms with Crippen molar-refractivity contribution < 1.29 is 14.3 Å². The number of para-hydroxylation sites is 1. The second kappa shape index (κ2) is 14.4. The molecule has 0 N–H and O–H groups in total. The van der Waals surface area contributed by atoms with Gasteiger partial charge in [0.15, 0.2) is 4.80 Å². The van der Waals surface area contributed by atoms with Crippen LogP contribution in [0.15, 0.2) is 105 Å². The van der Waals surface area contributed by atoms with Crippen molar-refractivity contribution in [2.45, 2.75) is 58.6 Å². The molecule has 1 atom stereocenters. The number of aryl methyl sites for hydroxylation is 1. The molecule has 3 aromatic carbocycles. The number of thiazole rings is 1. The topological polar surface area (TPSA) is 87.7 Å². The first-order valence-corrected chi connectivity index (χ1v) is 18.3. The van der Waals surface area contributed by atoms with Gasteiger partial charge in [-0.2, -0.15) is 5.10 Å². The summed E-state index contributed by atoms with van der Waals surface area (Å²) in [6.45, 7) is 12.1. The van der Waals surface area contributed by atoms with Crippen molar-refractivity contribution in [1.82, 2.24) is 14.3 Å². The van der Waals surface area contributed by atoms with Gasteiger partial charge in [-0.1, -0.05) is 55.5 Å². The minimum atomic E-state index is -0.684. The molecular weight excluding hydrogens is 653 g/mol. The van der Waals surface area contributed by atoms with E-state index in [2.05, 4.69) is 6.07 Å². The molecule has 5 aromatic rings. The Morgan fingerprint density at radius 2 is 1.76 bits per heavy atom. The molecule has 252 valence electrons. The summed E-state index contributed by atoms with van der Waals surface area (Å²) in [6, 6.07) is 23.2. The van der Waals surface area contributed by atoms with Crippen molar-refractivity contribution >= 4 is 35.1 Å². The molecular formula is C39H40N4O4S2. The molecule has 2 aromatic heterocycles. The lowest BCUT2D eigenvalue weighted by atomic mass is 9.96. The number of carbonyl (C=O) groups is 1. The fourth-order valence-corrected chi connectivity index (χ4v) is 7.20. The number of hydrogen-bond donors (Lipinski definition) is 0. The minimum absolute atomic E-state index is 0.0528. The minimum Gasteiger partial charge on any atom is -0.491 e. The van der Waals surface area contributed by atoms with E-state index in [-0.39, 0.29) is 24.2 Å². The highest BCUT2D eigenvalue weighted by Gasteiger charge is 2.33. The van der Waals surface area contributed by atoms with Crippen molar-refractivity contribution in [3.8, 4) is 22.7 Å². The fourth-order valence-electron chi connectivity index (χ4n) is 5.76. The molecule has 8 nitrogen and oxygen atoms in total. The molecule has 0 saturated carbocycles. The molecule has 10 heteroatoms. The number of carbonyl (C=O) groups excluding carboxylic acids is 1. The highest BCUT2D eigenvalue weighted by Crippen LogP contribution is 2.33. The number of ether oxygens (including phenoxy) is 2. The third-order valence-corrected chi connectivity index (χ3v) is 9.81. The maximum absolute atomic E-state index is 14.5. The van der Waals surface area contributed by atoms with Gasteiger partial charge < -0.3 is 9.47 Å². The van der Waals surface area contributed by atoms with Crippen LogP contribution in [-0.2, 0) is 9.53 Å². The van der Waals surface area contributed by atoms with E-state index in [4.69, 9.17) is 19.6 Å². The monoisotopic (exact) mass is 692 g/mol. The van der Waals surface area contributed by atoms with Gasteiger partial charge in [-0.25, -0.2) is 14.5 Å². The van der Waals surface area contributed by atoms with Crippen molar-refractivity contribution in [1.29, 1.82) is 0 Å². The third-order valence-electron chi connectivity index (χ3n) is 8.08. The van der Waals surface area contributed by atoms with E-state index < -0.39 is 12.0 Å². The van der Waals surface area contributed by atoms with Gasteiger partial charge in [-0.3, -0.25) is 9.36 Å². The van der Waals surface area contributed by atoms with Crippen LogP contribution < -0.4 is 19.6 Å². The molecule has 0 fully saturated rings. The zero-order valence-electron chi connectivity index (χ0n) is 28.8. The highest BCUT2D eigenvalue weighted by molar-refractivity contribution is 7.98. The second-order valence-corrected chi connectivity index (χ2v) is 14.6. The third kappa shape index (κ3) is 7.21. The molecule has 1 unspecified atom stereocenters. The molecule has 1 aliphatic rings. The molecule has 0 saturated heterocycles. The zero-order chi connectivity index (χ0) is 34.8. The summed E-state index contributed by atoms with van der Waals surface area (Å²) < 4.78 is 15.7. The molecule has 1 aliphatic heterocycles. The Labute approximate surface area is 294 Å².